The van der Waals surface area contributed by atoms with Gasteiger partial charge in [-0.25, -0.2) is 0 Å². The van der Waals surface area contributed by atoms with E-state index in [1.165, 1.54) is 19.2 Å². The summed E-state index contributed by atoms with van der Waals surface area (Å²) in [6, 6.07) is 11.4. The summed E-state index contributed by atoms with van der Waals surface area (Å²) in [5, 5.41) is 31.6. The molecule has 0 saturated heterocycles. The molecule has 3 N–H and O–H groups in total. The molecule has 0 spiro atoms. The van der Waals surface area contributed by atoms with Gasteiger partial charge in [-0.05, 0) is 43.2 Å². The van der Waals surface area contributed by atoms with Crippen molar-refractivity contribution in [2.24, 2.45) is 0 Å². The number of phenols is 1. The van der Waals surface area contributed by atoms with Gasteiger partial charge >= 0.3 is 0 Å². The number of aromatic hydroxyl groups is 2. The number of aryl methyl sites for hydroxylation is 2. The quantitative estimate of drug-likeness (QED) is 0.312. The van der Waals surface area contributed by atoms with Crippen molar-refractivity contribution in [3.8, 4) is 17.2 Å². The van der Waals surface area contributed by atoms with Gasteiger partial charge in [-0.3, -0.25) is 14.0 Å². The number of ether oxygens (including phenoxy) is 1. The number of rotatable bonds is 9. The highest BCUT2D eigenvalue weighted by molar-refractivity contribution is 5.77. The van der Waals surface area contributed by atoms with Crippen LogP contribution in [-0.2, 0) is 11.2 Å². The van der Waals surface area contributed by atoms with Gasteiger partial charge in [0.2, 0.25) is 17.1 Å². The van der Waals surface area contributed by atoms with Crippen LogP contribution in [0.5, 0.6) is 17.2 Å². The van der Waals surface area contributed by atoms with Gasteiger partial charge in [0, 0.05) is 31.6 Å². The summed E-state index contributed by atoms with van der Waals surface area (Å²) in [6.45, 7) is 1.99. The van der Waals surface area contributed by atoms with Crippen LogP contribution >= 0.6 is 0 Å². The molecule has 1 unspecified atom stereocenters. The van der Waals surface area contributed by atoms with E-state index in [0.717, 1.165) is 11.5 Å². The number of hydrogen-bond donors (Lipinski definition) is 3. The highest BCUT2D eigenvalue weighted by atomic mass is 16.5. The zero-order valence-electron chi connectivity index (χ0n) is 19.4. The summed E-state index contributed by atoms with van der Waals surface area (Å²) >= 11 is 0. The maximum atomic E-state index is 12.9. The van der Waals surface area contributed by atoms with E-state index in [0.29, 0.717) is 30.7 Å². The number of aromatic nitrogens is 3. The minimum absolute atomic E-state index is 0.0205. The molecule has 10 nitrogen and oxygen atoms in total. The lowest BCUT2D eigenvalue weighted by Crippen LogP contribution is -2.27. The lowest BCUT2D eigenvalue weighted by Gasteiger charge is -2.19. The van der Waals surface area contributed by atoms with Crippen LogP contribution in [0.1, 0.15) is 41.7 Å². The molecule has 0 radical (unpaired) electrons. The fourth-order valence-electron chi connectivity index (χ4n) is 3.93. The fourth-order valence-corrected chi connectivity index (χ4v) is 3.93. The second kappa shape index (κ2) is 10.3. The number of phenolic OH excluding ortho intramolecular Hbond substituents is 1. The molecule has 3 aromatic heterocycles. The van der Waals surface area contributed by atoms with Crippen LogP contribution in [0.4, 0.5) is 0 Å². The Kier molecular flexibility index (Phi) is 7.00. The van der Waals surface area contributed by atoms with Crippen molar-refractivity contribution >= 4 is 11.6 Å². The van der Waals surface area contributed by atoms with Gasteiger partial charge in [0.05, 0.1) is 13.0 Å². The maximum absolute atomic E-state index is 12.9. The number of hydrogen-bond acceptors (Lipinski definition) is 8. The molecule has 0 saturated carbocycles. The van der Waals surface area contributed by atoms with Gasteiger partial charge in [-0.2, -0.15) is 0 Å². The number of nitrogens with one attached hydrogen (secondary N) is 1. The van der Waals surface area contributed by atoms with Gasteiger partial charge in [0.1, 0.15) is 11.6 Å². The predicted octanol–water partition coefficient (Wildman–Crippen LogP) is 2.68. The molecule has 0 aliphatic heterocycles. The van der Waals surface area contributed by atoms with Crippen molar-refractivity contribution < 1.29 is 24.2 Å². The van der Waals surface area contributed by atoms with Crippen LogP contribution in [0, 0.1) is 6.92 Å². The molecule has 182 valence electrons. The normalized spacial score (nSPS) is 11.9. The van der Waals surface area contributed by atoms with Crippen molar-refractivity contribution in [3.05, 3.63) is 81.8 Å². The third kappa shape index (κ3) is 5.26. The molecule has 4 rings (SSSR count). The van der Waals surface area contributed by atoms with E-state index < -0.39 is 17.1 Å². The number of fused-ring (bicyclic) bond motifs is 1. The summed E-state index contributed by atoms with van der Waals surface area (Å²) in [5.41, 5.74) is 0.701. The van der Waals surface area contributed by atoms with Gasteiger partial charge in [0.15, 0.2) is 22.9 Å². The van der Waals surface area contributed by atoms with E-state index in [4.69, 9.17) is 9.15 Å². The zero-order chi connectivity index (χ0) is 24.9. The largest absolute Gasteiger partial charge is 0.504 e. The molecule has 1 atom stereocenters. The highest BCUT2D eigenvalue weighted by Crippen LogP contribution is 2.37. The average Bonchev–Trinajstić information content (AvgIpc) is 3.26. The second-order valence-electron chi connectivity index (χ2n) is 8.12. The third-order valence-corrected chi connectivity index (χ3v) is 5.67. The lowest BCUT2D eigenvalue weighted by molar-refractivity contribution is -0.121. The first-order valence-corrected chi connectivity index (χ1v) is 11.1. The molecule has 0 bridgehead atoms. The summed E-state index contributed by atoms with van der Waals surface area (Å²) in [7, 11) is 1.41. The molecule has 1 amide bonds. The highest BCUT2D eigenvalue weighted by Gasteiger charge is 2.26. The Balaban J connectivity index is 1.49. The molecule has 3 heterocycles. The van der Waals surface area contributed by atoms with Crippen LogP contribution in [0.25, 0.3) is 5.65 Å². The Labute approximate surface area is 200 Å². The number of nitrogens with zero attached hydrogens (tertiary/aromatic N) is 3. The predicted molar refractivity (Wildman–Crippen MR) is 127 cm³/mol. The van der Waals surface area contributed by atoms with Gasteiger partial charge in [-0.15, -0.1) is 10.2 Å². The first kappa shape index (κ1) is 23.8. The topological polar surface area (TPSA) is 139 Å². The Bertz CT molecular complexity index is 1410. The van der Waals surface area contributed by atoms with Crippen LogP contribution in [0.3, 0.4) is 0 Å². The average molecular weight is 479 g/mol. The maximum Gasteiger partial charge on any atom is 0.227 e. The van der Waals surface area contributed by atoms with E-state index in [-0.39, 0.29) is 29.6 Å². The van der Waals surface area contributed by atoms with Crippen LogP contribution in [0.2, 0.25) is 0 Å². The SMILES string of the molecule is COc1cc(C(CC(=O)NCCCc2nnc3ccccn23)c2oc(C)cc(=O)c2O)ccc1O. The van der Waals surface area contributed by atoms with Crippen molar-refractivity contribution in [3.63, 3.8) is 0 Å². The number of benzene rings is 1. The number of pyridine rings is 1. The van der Waals surface area contributed by atoms with Gasteiger partial charge < -0.3 is 24.7 Å². The lowest BCUT2D eigenvalue weighted by atomic mass is 9.91. The minimum atomic E-state index is -0.780. The standard InChI is InChI=1S/C25H26N4O6/c1-15-12-19(31)24(33)25(35-15)17(16-8-9-18(30)20(13-16)34-2)14-23(32)26-10-5-7-22-28-27-21-6-3-4-11-29(21)22/h3-4,6,8-9,11-13,17,30,33H,5,7,10,14H2,1-2H3,(H,26,32). The Morgan fingerprint density at radius 2 is 2.03 bits per heavy atom. The van der Waals surface area contributed by atoms with Crippen molar-refractivity contribution in [2.45, 2.75) is 32.1 Å². The minimum Gasteiger partial charge on any atom is -0.504 e. The molecule has 35 heavy (non-hydrogen) atoms. The number of amides is 1. The number of methoxy groups -OCH3 is 1. The Morgan fingerprint density at radius 3 is 2.83 bits per heavy atom. The number of carbonyl (C=O) groups is 1. The monoisotopic (exact) mass is 478 g/mol. The summed E-state index contributed by atoms with van der Waals surface area (Å²) in [6.07, 6.45) is 3.06. The van der Waals surface area contributed by atoms with Gasteiger partial charge in [-0.1, -0.05) is 12.1 Å². The molecule has 10 heteroatoms. The summed E-state index contributed by atoms with van der Waals surface area (Å²) < 4.78 is 12.8. The third-order valence-electron chi connectivity index (χ3n) is 5.67. The van der Waals surface area contributed by atoms with E-state index in [1.807, 2.05) is 28.8 Å². The van der Waals surface area contributed by atoms with E-state index in [2.05, 4.69) is 15.5 Å². The van der Waals surface area contributed by atoms with Crippen molar-refractivity contribution in [1.29, 1.82) is 0 Å². The first-order chi connectivity index (χ1) is 16.9. The molecular formula is C25H26N4O6. The van der Waals surface area contributed by atoms with E-state index >= 15 is 0 Å². The van der Waals surface area contributed by atoms with Crippen LogP contribution in [0.15, 0.2) is 57.9 Å². The molecular weight excluding hydrogens is 452 g/mol. The van der Waals surface area contributed by atoms with Crippen molar-refractivity contribution in [1.82, 2.24) is 19.9 Å². The molecule has 1 aromatic carbocycles. The molecule has 0 fully saturated rings. The number of carbonyl (C=O) groups excluding carboxylic acids is 1. The molecule has 0 aliphatic carbocycles. The second-order valence-corrected chi connectivity index (χ2v) is 8.12. The summed E-state index contributed by atoms with van der Waals surface area (Å²) in [5.74, 6) is -0.422. The zero-order valence-corrected chi connectivity index (χ0v) is 19.4. The first-order valence-electron chi connectivity index (χ1n) is 11.1. The van der Waals surface area contributed by atoms with Crippen molar-refractivity contribution in [2.75, 3.05) is 13.7 Å². The Morgan fingerprint density at radius 1 is 1.20 bits per heavy atom. The molecule has 4 aromatic rings. The smallest absolute Gasteiger partial charge is 0.227 e. The molecule has 0 aliphatic rings. The van der Waals surface area contributed by atoms with Gasteiger partial charge in [0.25, 0.3) is 0 Å². The van der Waals surface area contributed by atoms with E-state index in [9.17, 15) is 19.8 Å². The fraction of sp³-hybridized carbons (Fsp3) is 0.280. The summed E-state index contributed by atoms with van der Waals surface area (Å²) in [4.78, 5) is 25.0. The van der Waals surface area contributed by atoms with E-state index in [1.54, 1.807) is 19.1 Å². The van der Waals surface area contributed by atoms with Crippen LogP contribution < -0.4 is 15.5 Å². The Hall–Kier alpha value is -4.34. The van der Waals surface area contributed by atoms with Crippen LogP contribution in [-0.4, -0.2) is 44.4 Å².